The number of nitrogens with zero attached hydrogens (tertiary/aromatic N) is 1. The number of carbonyl (C=O) groups excluding carboxylic acids is 1. The molecule has 3 rings (SSSR count). The van der Waals surface area contributed by atoms with Gasteiger partial charge < -0.3 is 10.0 Å². The molecule has 1 aromatic rings. The van der Waals surface area contributed by atoms with Crippen LogP contribution in [0.15, 0.2) is 29.2 Å². The maximum Gasteiger partial charge on any atom is 0.311 e. The van der Waals surface area contributed by atoms with Gasteiger partial charge in [0.15, 0.2) is 9.84 Å². The fraction of sp³-hybridized carbons (Fsp3) is 0.529. The highest BCUT2D eigenvalue weighted by Crippen LogP contribution is 2.49. The van der Waals surface area contributed by atoms with Crippen LogP contribution in [0.5, 0.6) is 0 Å². The number of hydrogen-bond acceptors (Lipinski definition) is 4. The Hall–Kier alpha value is -1.89. The fourth-order valence-electron chi connectivity index (χ4n) is 4.12. The third-order valence-electron chi connectivity index (χ3n) is 5.36. The monoisotopic (exact) mass is 351 g/mol. The van der Waals surface area contributed by atoms with Crippen molar-refractivity contribution in [2.45, 2.75) is 30.6 Å². The summed E-state index contributed by atoms with van der Waals surface area (Å²) in [6.07, 6.45) is 3.42. The van der Waals surface area contributed by atoms with Crippen molar-refractivity contribution in [2.24, 2.45) is 11.3 Å². The quantitative estimate of drug-likeness (QED) is 0.884. The number of sulfone groups is 1. The molecule has 0 radical (unpaired) electrons. The summed E-state index contributed by atoms with van der Waals surface area (Å²) < 4.78 is 23.7. The van der Waals surface area contributed by atoms with E-state index < -0.39 is 21.2 Å². The van der Waals surface area contributed by atoms with E-state index in [9.17, 15) is 23.1 Å². The molecule has 6 nitrogen and oxygen atoms in total. The molecule has 2 atom stereocenters. The number of hydrogen-bond donors (Lipinski definition) is 1. The molecule has 1 saturated heterocycles. The van der Waals surface area contributed by atoms with Gasteiger partial charge >= 0.3 is 5.97 Å². The summed E-state index contributed by atoms with van der Waals surface area (Å²) in [7, 11) is -3.41. The number of aliphatic carboxylic acids is 1. The van der Waals surface area contributed by atoms with E-state index >= 15 is 0 Å². The standard InChI is InChI=1S/C17H21NO5S/c1-24(22,23)14-7-3-2-5-12(14)9-15(19)18-10-13-6-4-8-17(13,11-18)16(20)21/h2-3,5,7,13H,4,6,8-11H2,1H3,(H,20,21)/t13-,17+/m0/s1. The molecule has 2 aliphatic rings. The zero-order chi connectivity index (χ0) is 17.5. The van der Waals surface area contributed by atoms with Gasteiger partial charge in [-0.25, -0.2) is 8.42 Å². The largest absolute Gasteiger partial charge is 0.481 e. The fourth-order valence-corrected chi connectivity index (χ4v) is 5.06. The van der Waals surface area contributed by atoms with Crippen LogP contribution in [-0.2, 0) is 25.8 Å². The van der Waals surface area contributed by atoms with Gasteiger partial charge in [0.1, 0.15) is 0 Å². The average molecular weight is 351 g/mol. The van der Waals surface area contributed by atoms with Crippen LogP contribution in [0.25, 0.3) is 0 Å². The number of benzene rings is 1. The topological polar surface area (TPSA) is 91.8 Å². The number of rotatable bonds is 4. The first-order valence-electron chi connectivity index (χ1n) is 8.03. The molecule has 0 unspecified atom stereocenters. The van der Waals surface area contributed by atoms with Gasteiger partial charge in [-0.3, -0.25) is 9.59 Å². The first-order chi connectivity index (χ1) is 11.2. The molecule has 1 amide bonds. The Balaban J connectivity index is 1.80. The van der Waals surface area contributed by atoms with Gasteiger partial charge in [0.05, 0.1) is 16.7 Å². The molecule has 0 spiro atoms. The Bertz CT molecular complexity index is 788. The van der Waals surface area contributed by atoms with Gasteiger partial charge in [-0.1, -0.05) is 24.6 Å². The van der Waals surface area contributed by atoms with E-state index in [2.05, 4.69) is 0 Å². The lowest BCUT2D eigenvalue weighted by Crippen LogP contribution is -2.37. The number of carboxylic acids is 1. The van der Waals surface area contributed by atoms with Crippen LogP contribution < -0.4 is 0 Å². The molecule has 2 fully saturated rings. The lowest BCUT2D eigenvalue weighted by atomic mass is 9.81. The SMILES string of the molecule is CS(=O)(=O)c1ccccc1CC(=O)N1C[C@@H]2CCC[C@@]2(C(=O)O)C1. The Morgan fingerprint density at radius 3 is 2.67 bits per heavy atom. The zero-order valence-corrected chi connectivity index (χ0v) is 14.4. The van der Waals surface area contributed by atoms with Gasteiger partial charge in [-0.15, -0.1) is 0 Å². The van der Waals surface area contributed by atoms with Crippen molar-refractivity contribution in [3.05, 3.63) is 29.8 Å². The van der Waals surface area contributed by atoms with E-state index in [1.165, 1.54) is 6.07 Å². The molecular weight excluding hydrogens is 330 g/mol. The summed E-state index contributed by atoms with van der Waals surface area (Å²) in [6, 6.07) is 6.46. The van der Waals surface area contributed by atoms with Crippen molar-refractivity contribution in [1.82, 2.24) is 4.90 Å². The van der Waals surface area contributed by atoms with E-state index in [-0.39, 0.29) is 29.7 Å². The molecule has 1 N–H and O–H groups in total. The van der Waals surface area contributed by atoms with Crippen molar-refractivity contribution >= 4 is 21.7 Å². The van der Waals surface area contributed by atoms with Crippen LogP contribution in [-0.4, -0.2) is 49.6 Å². The maximum absolute atomic E-state index is 12.6. The van der Waals surface area contributed by atoms with Crippen LogP contribution in [0.4, 0.5) is 0 Å². The zero-order valence-electron chi connectivity index (χ0n) is 13.6. The lowest BCUT2D eigenvalue weighted by molar-refractivity contribution is -0.149. The first kappa shape index (κ1) is 17.0. The lowest BCUT2D eigenvalue weighted by Gasteiger charge is -2.23. The summed E-state index contributed by atoms with van der Waals surface area (Å²) >= 11 is 0. The summed E-state index contributed by atoms with van der Waals surface area (Å²) in [5.41, 5.74) is -0.349. The highest BCUT2D eigenvalue weighted by molar-refractivity contribution is 7.90. The van der Waals surface area contributed by atoms with E-state index in [4.69, 9.17) is 0 Å². The summed E-state index contributed by atoms with van der Waals surface area (Å²) in [4.78, 5) is 26.1. The Morgan fingerprint density at radius 2 is 2.04 bits per heavy atom. The molecule has 24 heavy (non-hydrogen) atoms. The number of fused-ring (bicyclic) bond motifs is 1. The van der Waals surface area contributed by atoms with Crippen molar-refractivity contribution in [3.63, 3.8) is 0 Å². The smallest absolute Gasteiger partial charge is 0.311 e. The minimum atomic E-state index is -3.41. The Kier molecular flexibility index (Phi) is 4.15. The van der Waals surface area contributed by atoms with Crippen molar-refractivity contribution < 1.29 is 23.1 Å². The molecule has 0 bridgehead atoms. The van der Waals surface area contributed by atoms with Crippen LogP contribution in [0.2, 0.25) is 0 Å². The second-order valence-electron chi connectivity index (χ2n) is 6.88. The van der Waals surface area contributed by atoms with Crippen LogP contribution in [0, 0.1) is 11.3 Å². The first-order valence-corrected chi connectivity index (χ1v) is 9.92. The molecule has 130 valence electrons. The Morgan fingerprint density at radius 1 is 1.33 bits per heavy atom. The van der Waals surface area contributed by atoms with Crippen LogP contribution >= 0.6 is 0 Å². The predicted molar refractivity (Wildman–Crippen MR) is 87.2 cm³/mol. The van der Waals surface area contributed by atoms with E-state index in [0.717, 1.165) is 19.1 Å². The van der Waals surface area contributed by atoms with E-state index in [0.29, 0.717) is 18.5 Å². The molecule has 0 aromatic heterocycles. The van der Waals surface area contributed by atoms with Gasteiger partial charge in [0.2, 0.25) is 5.91 Å². The van der Waals surface area contributed by atoms with Gasteiger partial charge in [-0.05, 0) is 30.4 Å². The third kappa shape index (κ3) is 2.81. The number of likely N-dealkylation sites (tertiary alicyclic amines) is 1. The second-order valence-corrected chi connectivity index (χ2v) is 8.87. The molecule has 7 heteroatoms. The van der Waals surface area contributed by atoms with Crippen molar-refractivity contribution in [2.75, 3.05) is 19.3 Å². The van der Waals surface area contributed by atoms with Gasteiger partial charge in [0.25, 0.3) is 0 Å². The third-order valence-corrected chi connectivity index (χ3v) is 6.56. The summed E-state index contributed by atoms with van der Waals surface area (Å²) in [6.45, 7) is 0.680. The molecule has 1 heterocycles. The minimum Gasteiger partial charge on any atom is -0.481 e. The highest BCUT2D eigenvalue weighted by atomic mass is 32.2. The molecule has 1 saturated carbocycles. The average Bonchev–Trinajstić information content (AvgIpc) is 3.04. The van der Waals surface area contributed by atoms with Crippen LogP contribution in [0.3, 0.4) is 0 Å². The predicted octanol–water partition coefficient (Wildman–Crippen LogP) is 1.35. The normalized spacial score (nSPS) is 26.4. The second kappa shape index (κ2) is 5.88. The molecule has 1 aromatic carbocycles. The van der Waals surface area contributed by atoms with Crippen molar-refractivity contribution in [3.8, 4) is 0 Å². The minimum absolute atomic E-state index is 0.00380. The van der Waals surface area contributed by atoms with Crippen LogP contribution in [0.1, 0.15) is 24.8 Å². The highest BCUT2D eigenvalue weighted by Gasteiger charge is 2.55. The molecular formula is C17H21NO5S. The Labute approximate surface area is 141 Å². The summed E-state index contributed by atoms with van der Waals surface area (Å²) in [5.74, 6) is -1.03. The number of carbonyl (C=O) groups is 2. The van der Waals surface area contributed by atoms with Gasteiger partial charge in [-0.2, -0.15) is 0 Å². The maximum atomic E-state index is 12.6. The molecule has 1 aliphatic carbocycles. The number of amides is 1. The van der Waals surface area contributed by atoms with E-state index in [1.807, 2.05) is 0 Å². The summed E-state index contributed by atoms with van der Waals surface area (Å²) in [5, 5.41) is 9.60. The van der Waals surface area contributed by atoms with E-state index in [1.54, 1.807) is 23.1 Å². The van der Waals surface area contributed by atoms with Gasteiger partial charge in [0, 0.05) is 19.3 Å². The van der Waals surface area contributed by atoms with Crippen molar-refractivity contribution in [1.29, 1.82) is 0 Å². The molecule has 1 aliphatic heterocycles. The number of carboxylic acid groups (broad SMARTS) is 1.